The van der Waals surface area contributed by atoms with E-state index in [4.69, 9.17) is 14.7 Å². The van der Waals surface area contributed by atoms with Crippen LogP contribution in [0, 0.1) is 13.8 Å². The number of carboxylic acids is 1. The summed E-state index contributed by atoms with van der Waals surface area (Å²) in [7, 11) is 6.18. The first-order valence-electron chi connectivity index (χ1n) is 16.3. The minimum atomic E-state index is -0.873. The quantitative estimate of drug-likeness (QED) is 0.143. The van der Waals surface area contributed by atoms with Crippen LogP contribution in [0.3, 0.4) is 0 Å². The maximum absolute atomic E-state index is 12.8. The highest BCUT2D eigenvalue weighted by atomic mass is 16.5. The van der Waals surface area contributed by atoms with Crippen LogP contribution < -0.4 is 0 Å². The predicted octanol–water partition coefficient (Wildman–Crippen LogP) is 7.97. The number of esters is 1. The molecule has 2 aliphatic heterocycles. The largest absolute Gasteiger partial charge is 0.481 e. The van der Waals surface area contributed by atoms with E-state index in [0.717, 1.165) is 84.5 Å². The predicted molar refractivity (Wildman–Crippen MR) is 196 cm³/mol. The third-order valence-corrected chi connectivity index (χ3v) is 9.23. The number of likely N-dealkylation sites (N-methyl/N-ethyl adjacent to an activating group) is 1. The van der Waals surface area contributed by atoms with Gasteiger partial charge in [-0.25, -0.2) is 9.97 Å². The molecule has 8 bridgehead atoms. The van der Waals surface area contributed by atoms with Crippen LogP contribution >= 0.6 is 0 Å². The summed E-state index contributed by atoms with van der Waals surface area (Å²) in [5.41, 5.74) is 14.3. The zero-order chi connectivity index (χ0) is 34.9. The number of carboxylic acid groups (broad SMARTS) is 1. The lowest BCUT2D eigenvalue weighted by Crippen LogP contribution is -2.38. The van der Waals surface area contributed by atoms with Gasteiger partial charge in [-0.1, -0.05) is 25.3 Å². The first kappa shape index (κ1) is 34.3. The van der Waals surface area contributed by atoms with Crippen molar-refractivity contribution in [3.63, 3.8) is 0 Å². The van der Waals surface area contributed by atoms with Crippen molar-refractivity contribution in [1.82, 2.24) is 19.9 Å². The number of H-pyrrole nitrogens is 2. The van der Waals surface area contributed by atoms with Crippen LogP contribution in [-0.4, -0.2) is 75.8 Å². The van der Waals surface area contributed by atoms with Gasteiger partial charge in [0.15, 0.2) is 0 Å². The summed E-state index contributed by atoms with van der Waals surface area (Å²) in [5, 5.41) is 9.56. The Morgan fingerprint density at radius 2 is 1.23 bits per heavy atom. The molecule has 0 unspecified atom stereocenters. The van der Waals surface area contributed by atoms with Crippen LogP contribution in [0.5, 0.6) is 0 Å². The van der Waals surface area contributed by atoms with Crippen LogP contribution in [0.25, 0.3) is 56.5 Å². The highest BCUT2D eigenvalue weighted by molar-refractivity contribution is 5.97. The van der Waals surface area contributed by atoms with Gasteiger partial charge in [0.05, 0.1) is 43.9 Å². The topological polar surface area (TPSA) is 121 Å². The smallest absolute Gasteiger partial charge is 0.306 e. The molecule has 0 amide bonds. The molecule has 9 nitrogen and oxygen atoms in total. The molecule has 0 aliphatic carbocycles. The lowest BCUT2D eigenvalue weighted by molar-refractivity contribution is -0.870. The summed E-state index contributed by atoms with van der Waals surface area (Å²) in [6, 6.07) is 8.06. The molecule has 0 spiro atoms. The minimum Gasteiger partial charge on any atom is -0.481 e. The van der Waals surface area contributed by atoms with Gasteiger partial charge in [0.1, 0.15) is 13.2 Å². The number of aromatic nitrogens is 4. The van der Waals surface area contributed by atoms with Gasteiger partial charge in [0, 0.05) is 46.0 Å². The van der Waals surface area contributed by atoms with E-state index in [-0.39, 0.29) is 18.8 Å². The van der Waals surface area contributed by atoms with E-state index in [1.165, 1.54) is 0 Å². The molecule has 5 rings (SSSR count). The number of nitrogens with one attached hydrogen (secondary N) is 2. The number of aromatic amines is 2. The lowest BCUT2D eigenvalue weighted by atomic mass is 9.98. The van der Waals surface area contributed by atoms with E-state index in [2.05, 4.69) is 64.2 Å². The van der Waals surface area contributed by atoms with E-state index >= 15 is 0 Å². The highest BCUT2D eigenvalue weighted by Gasteiger charge is 2.23. The second kappa shape index (κ2) is 13.6. The Labute approximate surface area is 282 Å². The second-order valence-corrected chi connectivity index (χ2v) is 13.6. The summed E-state index contributed by atoms with van der Waals surface area (Å²) in [6.45, 7) is 17.4. The third kappa shape index (κ3) is 7.11. The lowest BCUT2D eigenvalue weighted by Gasteiger charge is -2.23. The van der Waals surface area contributed by atoms with Crippen LogP contribution in [0.15, 0.2) is 37.4 Å². The number of rotatable bonds is 11. The average Bonchev–Trinajstić information content (AvgIpc) is 3.67. The maximum atomic E-state index is 12.8. The molecule has 0 radical (unpaired) electrons. The Morgan fingerprint density at radius 3 is 1.73 bits per heavy atom. The molecule has 3 N–H and O–H groups in total. The first-order chi connectivity index (χ1) is 22.7. The number of carbonyl (C=O) groups is 2. The van der Waals surface area contributed by atoms with Crippen molar-refractivity contribution in [3.05, 3.63) is 82.5 Å². The number of quaternary nitrogens is 1. The summed E-state index contributed by atoms with van der Waals surface area (Å²) < 4.78 is 6.27. The van der Waals surface area contributed by atoms with Crippen molar-refractivity contribution in [2.75, 3.05) is 34.3 Å². The van der Waals surface area contributed by atoms with Crippen molar-refractivity contribution in [2.45, 2.75) is 53.4 Å². The van der Waals surface area contributed by atoms with Gasteiger partial charge >= 0.3 is 11.9 Å². The average molecular weight is 649 g/mol. The molecule has 3 aromatic rings. The highest BCUT2D eigenvalue weighted by Crippen LogP contribution is 2.38. The standard InChI is InChI=1S/C39H45N5O4/c1-10-26-22(3)30-18-31-25(6)29(13-15-39(47)48-17-16-44(7,8)9)37(42-31)21-36-28(12-14-38(45)46)24(5)33(43-36)20-35-27(11-2)23(4)32(41-35)19-34(26)40-30/h10-11,18-21H,1-2,12-17H2,3-9H3,(H2-,40,41,42,43,45,46)/p+1. The van der Waals surface area contributed by atoms with Gasteiger partial charge in [-0.2, -0.15) is 0 Å². The molecule has 0 atom stereocenters. The molecule has 3 aromatic heterocycles. The number of hydrogen-bond donors (Lipinski definition) is 3. The Kier molecular flexibility index (Phi) is 9.73. The van der Waals surface area contributed by atoms with E-state index in [9.17, 15) is 14.7 Å². The van der Waals surface area contributed by atoms with Gasteiger partial charge in [-0.3, -0.25) is 9.59 Å². The molecule has 250 valence electrons. The molecule has 2 aliphatic rings. The molecule has 9 heteroatoms. The summed E-state index contributed by atoms with van der Waals surface area (Å²) >= 11 is 0. The van der Waals surface area contributed by atoms with Crippen molar-refractivity contribution in [3.8, 4) is 0 Å². The normalized spacial score (nSPS) is 13.2. The Bertz CT molecular complexity index is 2070. The SMILES string of the molecule is C=Cc1c(C)c2cc3[nH]c(cc4nc(cc5nc(cc1[nH]2)C(C)=C5CCC(=O)O)C(CCC(=O)OCC[N+](C)(C)C)=C4C)c(C)c3C=C. The van der Waals surface area contributed by atoms with Crippen molar-refractivity contribution in [1.29, 1.82) is 0 Å². The van der Waals surface area contributed by atoms with Crippen LogP contribution in [-0.2, 0) is 14.3 Å². The van der Waals surface area contributed by atoms with Gasteiger partial charge in [0.25, 0.3) is 0 Å². The number of aliphatic carboxylic acids is 1. The van der Waals surface area contributed by atoms with Crippen molar-refractivity contribution < 1.29 is 23.9 Å². The minimum absolute atomic E-state index is 0.0240. The molecule has 0 aromatic carbocycles. The maximum Gasteiger partial charge on any atom is 0.306 e. The fourth-order valence-corrected chi connectivity index (χ4v) is 6.27. The summed E-state index contributed by atoms with van der Waals surface area (Å²) in [4.78, 5) is 41.8. The molecule has 48 heavy (non-hydrogen) atoms. The number of ether oxygens (including phenoxy) is 1. The Hall–Kier alpha value is -5.02. The van der Waals surface area contributed by atoms with Crippen LogP contribution in [0.4, 0.5) is 0 Å². The van der Waals surface area contributed by atoms with Crippen LogP contribution in [0.2, 0.25) is 0 Å². The number of carbonyl (C=O) groups excluding carboxylic acids is 1. The molecular weight excluding hydrogens is 602 g/mol. The number of aryl methyl sites for hydroxylation is 2. The monoisotopic (exact) mass is 648 g/mol. The van der Waals surface area contributed by atoms with Gasteiger partial charge in [-0.05, 0) is 98.2 Å². The molecule has 5 heterocycles. The summed E-state index contributed by atoms with van der Waals surface area (Å²) in [5.74, 6) is -1.13. The van der Waals surface area contributed by atoms with Gasteiger partial charge in [-0.15, -0.1) is 0 Å². The van der Waals surface area contributed by atoms with Gasteiger partial charge < -0.3 is 24.3 Å². The van der Waals surface area contributed by atoms with Crippen molar-refractivity contribution in [2.24, 2.45) is 0 Å². The second-order valence-electron chi connectivity index (χ2n) is 13.6. The van der Waals surface area contributed by atoms with E-state index < -0.39 is 5.97 Å². The fraction of sp³-hybridized carbons (Fsp3) is 0.333. The molecule has 0 saturated carbocycles. The number of hydrogen-bond acceptors (Lipinski definition) is 5. The van der Waals surface area contributed by atoms with E-state index in [0.29, 0.717) is 35.3 Å². The van der Waals surface area contributed by atoms with E-state index in [1.807, 2.05) is 44.2 Å². The fourth-order valence-electron chi connectivity index (χ4n) is 6.27. The number of fused-ring (bicyclic) bond motifs is 8. The van der Waals surface area contributed by atoms with Crippen molar-refractivity contribution >= 4 is 68.4 Å². The zero-order valence-electron chi connectivity index (χ0n) is 29.1. The number of nitrogens with zero attached hydrogens (tertiary/aromatic N) is 3. The molecular formula is C39H46N5O4+. The molecule has 0 saturated heterocycles. The Balaban J connectivity index is 1.75. The zero-order valence-corrected chi connectivity index (χ0v) is 29.1. The third-order valence-electron chi connectivity index (χ3n) is 9.23. The number of allylic oxidation sites excluding steroid dienone is 4. The summed E-state index contributed by atoms with van der Waals surface area (Å²) in [6.07, 6.45) is 4.65. The Morgan fingerprint density at radius 1 is 0.750 bits per heavy atom. The molecule has 0 fully saturated rings. The van der Waals surface area contributed by atoms with E-state index in [1.54, 1.807) is 0 Å². The van der Waals surface area contributed by atoms with Crippen LogP contribution in [0.1, 0.15) is 84.6 Å². The first-order valence-corrected chi connectivity index (χ1v) is 16.3. The van der Waals surface area contributed by atoms with Gasteiger partial charge in [0.2, 0.25) is 0 Å².